The number of methoxy groups -OCH3 is 1. The van der Waals surface area contributed by atoms with Gasteiger partial charge in [-0.2, -0.15) is 11.8 Å². The quantitative estimate of drug-likeness (QED) is 0.208. The maximum atomic E-state index is 13.6. The van der Waals surface area contributed by atoms with Crippen molar-refractivity contribution in [3.63, 3.8) is 0 Å². The molecule has 3 N–H and O–H groups in total. The lowest BCUT2D eigenvalue weighted by molar-refractivity contribution is -0.122. The summed E-state index contributed by atoms with van der Waals surface area (Å²) in [5.74, 6) is 1.92. The molecule has 0 saturated carbocycles. The van der Waals surface area contributed by atoms with Gasteiger partial charge in [-0.15, -0.1) is 0 Å². The summed E-state index contributed by atoms with van der Waals surface area (Å²) >= 11 is 1.73. The normalized spacial score (nSPS) is 12.9. The average Bonchev–Trinajstić information content (AvgIpc) is 3.39. The van der Waals surface area contributed by atoms with Gasteiger partial charge in [-0.05, 0) is 54.3 Å². The summed E-state index contributed by atoms with van der Waals surface area (Å²) in [6.45, 7) is 0. The number of aromatic nitrogens is 3. The second kappa shape index (κ2) is 11.6. The number of imidazole rings is 1. The highest BCUT2D eigenvalue weighted by molar-refractivity contribution is 7.98. The summed E-state index contributed by atoms with van der Waals surface area (Å²) in [4.78, 5) is 26.1. The minimum Gasteiger partial charge on any atom is -0.505 e. The molecule has 2 heterocycles. The van der Waals surface area contributed by atoms with Crippen molar-refractivity contribution in [2.75, 3.05) is 19.1 Å². The number of fused-ring (bicyclic) bond motifs is 2. The van der Waals surface area contributed by atoms with E-state index in [1.807, 2.05) is 79.1 Å². The Labute approximate surface area is 225 Å². The molecule has 3 aromatic carbocycles. The lowest BCUT2D eigenvalue weighted by Gasteiger charge is -2.22. The maximum Gasteiger partial charge on any atom is 0.221 e. The highest BCUT2D eigenvalue weighted by Crippen LogP contribution is 2.38. The van der Waals surface area contributed by atoms with Crippen molar-refractivity contribution in [1.82, 2.24) is 20.3 Å². The van der Waals surface area contributed by atoms with Crippen molar-refractivity contribution >= 4 is 39.6 Å². The van der Waals surface area contributed by atoms with Crippen LogP contribution in [0.2, 0.25) is 0 Å². The Balaban J connectivity index is 1.46. The number of thioether (sulfide) groups is 1. The molecule has 0 aliphatic carbocycles. The number of nitrogens with one attached hydrogen (secondary N) is 2. The monoisotopic (exact) mass is 526 g/mol. The Morgan fingerprint density at radius 2 is 1.89 bits per heavy atom. The van der Waals surface area contributed by atoms with Gasteiger partial charge in [0.1, 0.15) is 22.8 Å². The molecular weight excluding hydrogens is 496 g/mol. The number of rotatable bonds is 10. The predicted molar refractivity (Wildman–Crippen MR) is 153 cm³/mol. The summed E-state index contributed by atoms with van der Waals surface area (Å²) in [7, 11) is 1.62. The molecule has 0 fully saturated rings. The Kier molecular flexibility index (Phi) is 7.79. The molecule has 1 unspecified atom stereocenters. The van der Waals surface area contributed by atoms with Crippen molar-refractivity contribution in [3.05, 3.63) is 95.9 Å². The number of aromatic hydroxyl groups is 1. The number of phenols is 1. The lowest BCUT2D eigenvalue weighted by atomic mass is 9.86. The number of phenolic OH excluding ortho intramolecular Hbond substituents is 1. The smallest absolute Gasteiger partial charge is 0.221 e. The third kappa shape index (κ3) is 5.45. The van der Waals surface area contributed by atoms with Crippen LogP contribution in [0.3, 0.4) is 0 Å². The number of H-pyrrole nitrogens is 1. The van der Waals surface area contributed by atoms with Gasteiger partial charge in [0, 0.05) is 29.5 Å². The van der Waals surface area contributed by atoms with Crippen molar-refractivity contribution in [3.8, 4) is 11.5 Å². The molecule has 0 spiro atoms. The van der Waals surface area contributed by atoms with Gasteiger partial charge in [-0.3, -0.25) is 9.78 Å². The van der Waals surface area contributed by atoms with Gasteiger partial charge in [0.05, 0.1) is 24.2 Å². The Morgan fingerprint density at radius 3 is 2.66 bits per heavy atom. The number of amides is 1. The molecule has 5 rings (SSSR count). The van der Waals surface area contributed by atoms with Crippen molar-refractivity contribution in [1.29, 1.82) is 0 Å². The van der Waals surface area contributed by atoms with E-state index in [0.717, 1.165) is 45.7 Å². The summed E-state index contributed by atoms with van der Waals surface area (Å²) < 4.78 is 5.33. The molecule has 194 valence electrons. The SMILES string of the molecule is COc1ccc(C(CC(=O)N[C@@H](CCSC)c2nc3ccccc3[nH]2)c2ccc3cccnc3c2O)cc1. The van der Waals surface area contributed by atoms with Crippen molar-refractivity contribution in [2.45, 2.75) is 24.8 Å². The standard InChI is InChI=1S/C30H30N4O3S/c1-37-21-12-9-19(10-13-21)23(22-14-11-20-6-5-16-31-28(20)29(22)36)18-27(35)32-26(15-17-38-2)30-33-24-7-3-4-8-25(24)34-30/h3-14,16,23,26,36H,15,17-18H2,1-2H3,(H,32,35)(H,33,34)/t23?,26-/m0/s1. The molecule has 1 amide bonds. The van der Waals surface area contributed by atoms with Crippen LogP contribution in [0, 0.1) is 0 Å². The van der Waals surface area contributed by atoms with E-state index in [2.05, 4.69) is 15.3 Å². The summed E-state index contributed by atoms with van der Waals surface area (Å²) in [5.41, 5.74) is 3.88. The number of nitrogens with zero attached hydrogens (tertiary/aromatic N) is 2. The van der Waals surface area contributed by atoms with E-state index in [1.165, 1.54) is 0 Å². The first-order valence-corrected chi connectivity index (χ1v) is 13.9. The number of benzene rings is 3. The third-order valence-corrected chi connectivity index (χ3v) is 7.39. The molecule has 7 nitrogen and oxygen atoms in total. The van der Waals surface area contributed by atoms with E-state index in [9.17, 15) is 9.90 Å². The fourth-order valence-corrected chi connectivity index (χ4v) is 5.23. The van der Waals surface area contributed by atoms with E-state index < -0.39 is 0 Å². The number of carbonyl (C=O) groups is 1. The Hall–Kier alpha value is -4.04. The number of carbonyl (C=O) groups excluding carboxylic acids is 1. The highest BCUT2D eigenvalue weighted by atomic mass is 32.2. The van der Waals surface area contributed by atoms with Gasteiger partial charge in [-0.25, -0.2) is 4.98 Å². The molecule has 0 saturated heterocycles. The molecular formula is C30H30N4O3S. The number of para-hydroxylation sites is 2. The van der Waals surface area contributed by atoms with Crippen molar-refractivity contribution < 1.29 is 14.6 Å². The van der Waals surface area contributed by atoms with Gasteiger partial charge >= 0.3 is 0 Å². The number of pyridine rings is 1. The van der Waals surface area contributed by atoms with Gasteiger partial charge in [0.15, 0.2) is 0 Å². The van der Waals surface area contributed by atoms with Gasteiger partial charge in [0.25, 0.3) is 0 Å². The summed E-state index contributed by atoms with van der Waals surface area (Å²) in [6.07, 6.45) is 4.59. The Bertz CT molecular complexity index is 1520. The molecule has 0 radical (unpaired) electrons. The number of hydrogen-bond acceptors (Lipinski definition) is 6. The first kappa shape index (κ1) is 25.6. The van der Waals surface area contributed by atoms with Gasteiger partial charge < -0.3 is 20.1 Å². The van der Waals surface area contributed by atoms with E-state index >= 15 is 0 Å². The molecule has 0 aliphatic rings. The van der Waals surface area contributed by atoms with Crippen LogP contribution < -0.4 is 10.1 Å². The maximum absolute atomic E-state index is 13.6. The predicted octanol–water partition coefficient (Wildman–Crippen LogP) is 5.96. The lowest BCUT2D eigenvalue weighted by Crippen LogP contribution is -2.31. The zero-order valence-corrected chi connectivity index (χ0v) is 22.2. The topological polar surface area (TPSA) is 100 Å². The molecule has 38 heavy (non-hydrogen) atoms. The fraction of sp³-hybridized carbons (Fsp3) is 0.233. The van der Waals surface area contributed by atoms with E-state index in [-0.39, 0.29) is 30.0 Å². The van der Waals surface area contributed by atoms with E-state index in [4.69, 9.17) is 9.72 Å². The first-order valence-electron chi connectivity index (χ1n) is 12.5. The van der Waals surface area contributed by atoms with Crippen LogP contribution >= 0.6 is 11.8 Å². The van der Waals surface area contributed by atoms with Crippen LogP contribution in [0.4, 0.5) is 0 Å². The molecule has 0 aliphatic heterocycles. The van der Waals surface area contributed by atoms with Crippen LogP contribution in [-0.4, -0.2) is 45.1 Å². The van der Waals surface area contributed by atoms with Gasteiger partial charge in [-0.1, -0.05) is 42.5 Å². The van der Waals surface area contributed by atoms with Crippen LogP contribution in [-0.2, 0) is 4.79 Å². The minimum absolute atomic E-state index is 0.0907. The average molecular weight is 527 g/mol. The fourth-order valence-electron chi connectivity index (χ4n) is 4.76. The first-order chi connectivity index (χ1) is 18.6. The number of aromatic amines is 1. The molecule has 5 aromatic rings. The second-order valence-corrected chi connectivity index (χ2v) is 10.1. The molecule has 0 bridgehead atoms. The van der Waals surface area contributed by atoms with Crippen LogP contribution in [0.25, 0.3) is 21.9 Å². The van der Waals surface area contributed by atoms with Crippen LogP contribution in [0.5, 0.6) is 11.5 Å². The third-order valence-electron chi connectivity index (χ3n) is 6.75. The highest BCUT2D eigenvalue weighted by Gasteiger charge is 2.25. The minimum atomic E-state index is -0.385. The zero-order valence-electron chi connectivity index (χ0n) is 21.3. The molecule has 2 atom stereocenters. The summed E-state index contributed by atoms with van der Waals surface area (Å²) in [5, 5.41) is 15.3. The Morgan fingerprint density at radius 1 is 1.08 bits per heavy atom. The van der Waals surface area contributed by atoms with Crippen LogP contribution in [0.15, 0.2) is 79.0 Å². The molecule has 2 aromatic heterocycles. The van der Waals surface area contributed by atoms with Crippen LogP contribution in [0.1, 0.15) is 41.8 Å². The summed E-state index contributed by atoms with van der Waals surface area (Å²) in [6, 6.07) is 22.8. The second-order valence-electron chi connectivity index (χ2n) is 9.15. The number of ether oxygens (including phenoxy) is 1. The van der Waals surface area contributed by atoms with E-state index in [1.54, 1.807) is 25.1 Å². The largest absolute Gasteiger partial charge is 0.505 e. The van der Waals surface area contributed by atoms with Crippen molar-refractivity contribution in [2.24, 2.45) is 0 Å². The molecule has 8 heteroatoms. The van der Waals surface area contributed by atoms with E-state index in [0.29, 0.717) is 11.1 Å². The zero-order chi connectivity index (χ0) is 26.5. The van der Waals surface area contributed by atoms with Gasteiger partial charge in [0.2, 0.25) is 5.91 Å². The number of hydrogen-bond donors (Lipinski definition) is 3.